The number of piperidine rings is 1. The molecule has 32 heavy (non-hydrogen) atoms. The van der Waals surface area contributed by atoms with Gasteiger partial charge in [0.1, 0.15) is 5.69 Å². The minimum Gasteiger partial charge on any atom is -0.321 e. The van der Waals surface area contributed by atoms with Crippen molar-refractivity contribution < 1.29 is 26.4 Å². The number of halogens is 3. The molecule has 8 nitrogen and oxygen atoms in total. The number of nitrogens with zero attached hydrogens (tertiary/aromatic N) is 4. The van der Waals surface area contributed by atoms with E-state index < -0.39 is 27.8 Å². The van der Waals surface area contributed by atoms with Crippen molar-refractivity contribution in [3.8, 4) is 0 Å². The summed E-state index contributed by atoms with van der Waals surface area (Å²) in [5, 5.41) is 5.80. The van der Waals surface area contributed by atoms with Crippen molar-refractivity contribution in [2.75, 3.05) is 25.0 Å². The third kappa shape index (κ3) is 4.39. The molecule has 12 heteroatoms. The molecule has 0 spiro atoms. The first-order chi connectivity index (χ1) is 15.1. The van der Waals surface area contributed by atoms with E-state index in [1.165, 1.54) is 31.3 Å². The number of carbonyl (C=O) groups excluding carboxylic acids is 1. The van der Waals surface area contributed by atoms with Gasteiger partial charge < -0.3 is 5.32 Å². The number of nitrogens with one attached hydrogen (secondary N) is 1. The van der Waals surface area contributed by atoms with E-state index in [1.54, 1.807) is 4.31 Å². The molecule has 0 radical (unpaired) electrons. The number of likely N-dealkylation sites (tertiary alicyclic amines) is 1. The van der Waals surface area contributed by atoms with Crippen LogP contribution in [0.1, 0.15) is 41.9 Å². The van der Waals surface area contributed by atoms with Gasteiger partial charge in [0.15, 0.2) is 5.69 Å². The standard InChI is InChI=1S/C20H24F3N5O3S/c1-26-16(13-17(25-26)20(21,22)23)19(29)24-14-6-8-15(9-7-14)32(30,31)28-12-3-2-5-18(28)27-10-4-11-27/h6-9,13,18H,2-5,10-12H2,1H3,(H,24,29). The van der Waals surface area contributed by atoms with E-state index >= 15 is 0 Å². The molecule has 1 atom stereocenters. The summed E-state index contributed by atoms with van der Waals surface area (Å²) >= 11 is 0. The van der Waals surface area contributed by atoms with Crippen LogP contribution in [-0.4, -0.2) is 59.1 Å². The average Bonchev–Trinajstić information content (AvgIpc) is 3.10. The van der Waals surface area contributed by atoms with E-state index in [9.17, 15) is 26.4 Å². The Morgan fingerprint density at radius 1 is 1.09 bits per heavy atom. The highest BCUT2D eigenvalue weighted by atomic mass is 32.2. The van der Waals surface area contributed by atoms with E-state index in [2.05, 4.69) is 15.3 Å². The van der Waals surface area contributed by atoms with Crippen molar-refractivity contribution in [2.24, 2.45) is 7.05 Å². The molecule has 4 rings (SSSR count). The fourth-order valence-corrected chi connectivity index (χ4v) is 5.71. The monoisotopic (exact) mass is 471 g/mol. The number of rotatable bonds is 5. The SMILES string of the molecule is Cn1nc(C(F)(F)F)cc1C(=O)Nc1ccc(S(=O)(=O)N2CCCCC2N2CCC2)cc1. The molecule has 0 saturated carbocycles. The van der Waals surface area contributed by atoms with Gasteiger partial charge in [-0.2, -0.15) is 22.6 Å². The molecule has 2 saturated heterocycles. The molecule has 1 unspecified atom stereocenters. The van der Waals surface area contributed by atoms with Crippen molar-refractivity contribution in [3.63, 3.8) is 0 Å². The van der Waals surface area contributed by atoms with Crippen LogP contribution < -0.4 is 5.32 Å². The number of carbonyl (C=O) groups is 1. The average molecular weight is 472 g/mol. The number of aryl methyl sites for hydroxylation is 1. The van der Waals surface area contributed by atoms with Crippen LogP contribution in [0.15, 0.2) is 35.2 Å². The predicted octanol–water partition coefficient (Wildman–Crippen LogP) is 2.90. The van der Waals surface area contributed by atoms with E-state index in [0.717, 1.165) is 43.5 Å². The fourth-order valence-electron chi connectivity index (χ4n) is 4.03. The lowest BCUT2D eigenvalue weighted by molar-refractivity contribution is -0.141. The number of amides is 1. The summed E-state index contributed by atoms with van der Waals surface area (Å²) in [5.41, 5.74) is -1.16. The second kappa shape index (κ2) is 8.49. The van der Waals surface area contributed by atoms with Crippen LogP contribution in [0.4, 0.5) is 18.9 Å². The Morgan fingerprint density at radius 3 is 2.34 bits per heavy atom. The maximum atomic E-state index is 13.2. The smallest absolute Gasteiger partial charge is 0.321 e. The van der Waals surface area contributed by atoms with E-state index in [1.807, 2.05) is 0 Å². The molecular weight excluding hydrogens is 447 g/mol. The van der Waals surface area contributed by atoms with Gasteiger partial charge in [0.2, 0.25) is 10.0 Å². The quantitative estimate of drug-likeness (QED) is 0.725. The number of anilines is 1. The van der Waals surface area contributed by atoms with Gasteiger partial charge in [-0.15, -0.1) is 0 Å². The first-order valence-electron chi connectivity index (χ1n) is 10.4. The summed E-state index contributed by atoms with van der Waals surface area (Å²) in [6.07, 6.45) is -1.12. The van der Waals surface area contributed by atoms with Crippen LogP contribution in [0, 0.1) is 0 Å². The number of aromatic nitrogens is 2. The Labute approximate surface area is 184 Å². The van der Waals surface area contributed by atoms with Gasteiger partial charge in [0.05, 0.1) is 11.1 Å². The van der Waals surface area contributed by atoms with Crippen molar-refractivity contribution in [1.82, 2.24) is 19.0 Å². The van der Waals surface area contributed by atoms with E-state index in [4.69, 9.17) is 0 Å². The largest absolute Gasteiger partial charge is 0.435 e. The van der Waals surface area contributed by atoms with Crippen LogP contribution >= 0.6 is 0 Å². The first kappa shape index (κ1) is 22.7. The van der Waals surface area contributed by atoms with Crippen molar-refractivity contribution in [3.05, 3.63) is 41.7 Å². The highest BCUT2D eigenvalue weighted by molar-refractivity contribution is 7.89. The van der Waals surface area contributed by atoms with Crippen LogP contribution in [0.3, 0.4) is 0 Å². The molecule has 174 valence electrons. The molecule has 0 aliphatic carbocycles. The Morgan fingerprint density at radius 2 is 1.78 bits per heavy atom. The number of alkyl halides is 3. The van der Waals surface area contributed by atoms with Gasteiger partial charge in [-0.05, 0) is 49.9 Å². The van der Waals surface area contributed by atoms with Gasteiger partial charge in [0.25, 0.3) is 5.91 Å². The maximum Gasteiger partial charge on any atom is 0.435 e. The molecule has 2 aromatic rings. The summed E-state index contributed by atoms with van der Waals surface area (Å²) in [6.45, 7) is 2.25. The number of hydrogen-bond donors (Lipinski definition) is 1. The van der Waals surface area contributed by atoms with Crippen LogP contribution in [-0.2, 0) is 23.2 Å². The topological polar surface area (TPSA) is 87.5 Å². The summed E-state index contributed by atoms with van der Waals surface area (Å²) in [7, 11) is -2.47. The van der Waals surface area contributed by atoms with Crippen LogP contribution in [0.5, 0.6) is 0 Å². The molecule has 3 heterocycles. The summed E-state index contributed by atoms with van der Waals surface area (Å²) in [6, 6.07) is 6.32. The molecule has 1 aromatic heterocycles. The summed E-state index contributed by atoms with van der Waals surface area (Å²) in [5.74, 6) is -0.778. The number of benzene rings is 1. The molecule has 0 bridgehead atoms. The van der Waals surface area contributed by atoms with Crippen molar-refractivity contribution in [1.29, 1.82) is 0 Å². The Hall–Kier alpha value is -2.44. The van der Waals surface area contributed by atoms with Crippen LogP contribution in [0.25, 0.3) is 0 Å². The molecule has 1 N–H and O–H groups in total. The lowest BCUT2D eigenvalue weighted by Crippen LogP contribution is -2.57. The molecule has 2 aliphatic rings. The maximum absolute atomic E-state index is 13.2. The molecule has 2 fully saturated rings. The number of sulfonamides is 1. The fraction of sp³-hybridized carbons (Fsp3) is 0.500. The highest BCUT2D eigenvalue weighted by Gasteiger charge is 2.38. The normalized spacial score (nSPS) is 20.7. The number of hydrogen-bond acceptors (Lipinski definition) is 5. The molecule has 1 amide bonds. The van der Waals surface area contributed by atoms with Crippen LogP contribution in [0.2, 0.25) is 0 Å². The Bertz CT molecular complexity index is 1090. The predicted molar refractivity (Wildman–Crippen MR) is 110 cm³/mol. The highest BCUT2D eigenvalue weighted by Crippen LogP contribution is 2.31. The summed E-state index contributed by atoms with van der Waals surface area (Å²) < 4.78 is 67.3. The van der Waals surface area contributed by atoms with E-state index in [0.29, 0.717) is 12.6 Å². The third-order valence-electron chi connectivity index (χ3n) is 5.86. The molecule has 1 aromatic carbocycles. The third-order valence-corrected chi connectivity index (χ3v) is 7.77. The minimum atomic E-state index is -4.66. The lowest BCUT2D eigenvalue weighted by atomic mass is 10.1. The zero-order valence-corrected chi connectivity index (χ0v) is 18.3. The van der Waals surface area contributed by atoms with Crippen molar-refractivity contribution >= 4 is 21.6 Å². The first-order valence-corrected chi connectivity index (χ1v) is 11.8. The molecular formula is C20H24F3N5O3S. The zero-order chi connectivity index (χ0) is 23.1. The molecule has 2 aliphatic heterocycles. The minimum absolute atomic E-state index is 0.114. The Kier molecular flexibility index (Phi) is 6.03. The zero-order valence-electron chi connectivity index (χ0n) is 17.5. The van der Waals surface area contributed by atoms with Gasteiger partial charge in [-0.3, -0.25) is 14.4 Å². The summed E-state index contributed by atoms with van der Waals surface area (Å²) in [4.78, 5) is 14.7. The van der Waals surface area contributed by atoms with Crippen molar-refractivity contribution in [2.45, 2.75) is 42.9 Å². The Balaban J connectivity index is 1.49. The second-order valence-electron chi connectivity index (χ2n) is 8.00. The van der Waals surface area contributed by atoms with E-state index in [-0.39, 0.29) is 22.4 Å². The van der Waals surface area contributed by atoms with Gasteiger partial charge >= 0.3 is 6.18 Å². The van der Waals surface area contributed by atoms with Gasteiger partial charge in [0, 0.05) is 38.4 Å². The van der Waals surface area contributed by atoms with Gasteiger partial charge in [-0.1, -0.05) is 0 Å². The second-order valence-corrected chi connectivity index (χ2v) is 9.89. The lowest BCUT2D eigenvalue weighted by Gasteiger charge is -2.45. The van der Waals surface area contributed by atoms with Gasteiger partial charge in [-0.25, -0.2) is 8.42 Å².